The number of likely N-dealkylation sites (tertiary alicyclic amines) is 1. The van der Waals surface area contributed by atoms with Crippen molar-refractivity contribution in [3.8, 4) is 5.75 Å². The van der Waals surface area contributed by atoms with Gasteiger partial charge in [0.2, 0.25) is 5.91 Å². The van der Waals surface area contributed by atoms with Gasteiger partial charge in [-0.2, -0.15) is 0 Å². The average molecular weight is 462 g/mol. The number of benzene rings is 2. The number of carbonyl (C=O) groups is 1. The normalized spacial score (nSPS) is 24.9. The molecule has 1 saturated carbocycles. The molecule has 0 radical (unpaired) electrons. The van der Waals surface area contributed by atoms with Gasteiger partial charge in [0.15, 0.2) is 5.96 Å². The van der Waals surface area contributed by atoms with E-state index < -0.39 is 5.54 Å². The van der Waals surface area contributed by atoms with Gasteiger partial charge >= 0.3 is 0 Å². The molecule has 1 amide bonds. The van der Waals surface area contributed by atoms with Crippen LogP contribution in [0.15, 0.2) is 59.6 Å². The zero-order valence-electron chi connectivity index (χ0n) is 19.9. The van der Waals surface area contributed by atoms with Gasteiger partial charge in [-0.25, -0.2) is 4.99 Å². The van der Waals surface area contributed by atoms with Crippen molar-refractivity contribution in [2.75, 3.05) is 30.0 Å². The Morgan fingerprint density at radius 3 is 2.59 bits per heavy atom. The van der Waals surface area contributed by atoms with Crippen LogP contribution in [0.2, 0.25) is 0 Å². The highest BCUT2D eigenvalue weighted by Gasteiger charge is 2.50. The van der Waals surface area contributed by atoms with E-state index in [-0.39, 0.29) is 11.7 Å². The van der Waals surface area contributed by atoms with Crippen LogP contribution in [0.1, 0.15) is 45.4 Å². The predicted octanol–water partition coefficient (Wildman–Crippen LogP) is 4.17. The Hall–Kier alpha value is -3.22. The van der Waals surface area contributed by atoms with E-state index in [2.05, 4.69) is 39.5 Å². The van der Waals surface area contributed by atoms with E-state index in [1.54, 1.807) is 12.1 Å². The molecule has 34 heavy (non-hydrogen) atoms. The molecule has 2 heterocycles. The monoisotopic (exact) mass is 461 g/mol. The smallest absolute Gasteiger partial charge is 0.247 e. The molecule has 0 aromatic heterocycles. The van der Waals surface area contributed by atoms with Crippen LogP contribution in [0.4, 0.5) is 11.4 Å². The Kier molecular flexibility index (Phi) is 6.35. The summed E-state index contributed by atoms with van der Waals surface area (Å²) in [7, 11) is 0. The number of nitrogens with one attached hydrogen (secondary N) is 2. The average Bonchev–Trinajstić information content (AvgIpc) is 3.16. The van der Waals surface area contributed by atoms with Crippen molar-refractivity contribution < 1.29 is 9.90 Å². The van der Waals surface area contributed by atoms with E-state index in [1.165, 1.54) is 19.3 Å². The van der Waals surface area contributed by atoms with Gasteiger partial charge in [-0.1, -0.05) is 44.0 Å². The number of amides is 1. The minimum Gasteiger partial charge on any atom is -0.508 e. The Bertz CT molecular complexity index is 1030. The molecule has 2 atom stereocenters. The highest BCUT2D eigenvalue weighted by molar-refractivity contribution is 5.96. The molecule has 2 saturated heterocycles. The summed E-state index contributed by atoms with van der Waals surface area (Å²) in [6.07, 6.45) is 6.27. The third-order valence-corrected chi connectivity index (χ3v) is 7.75. The molecule has 2 aromatic carbocycles. The first kappa shape index (κ1) is 22.6. The third-order valence-electron chi connectivity index (χ3n) is 7.75. The number of phenols is 1. The van der Waals surface area contributed by atoms with Crippen molar-refractivity contribution >= 4 is 23.2 Å². The minimum atomic E-state index is -0.522. The number of nitrogens with zero attached hydrogens (tertiary/aromatic N) is 3. The fraction of sp³-hybridized carbons (Fsp3) is 0.481. The lowest BCUT2D eigenvalue weighted by Gasteiger charge is -2.44. The topological polar surface area (TPSA) is 80.2 Å². The van der Waals surface area contributed by atoms with Crippen molar-refractivity contribution in [2.45, 2.75) is 57.0 Å². The summed E-state index contributed by atoms with van der Waals surface area (Å²) in [5.41, 5.74) is 1.38. The van der Waals surface area contributed by atoms with Gasteiger partial charge in [-0.05, 0) is 55.9 Å². The lowest BCUT2D eigenvalue weighted by Crippen LogP contribution is -2.58. The van der Waals surface area contributed by atoms with Gasteiger partial charge < -0.3 is 25.5 Å². The lowest BCUT2D eigenvalue weighted by atomic mass is 9.85. The second-order valence-corrected chi connectivity index (χ2v) is 9.90. The number of aromatic hydroxyl groups is 1. The Morgan fingerprint density at radius 1 is 1.09 bits per heavy atom. The van der Waals surface area contributed by atoms with Gasteiger partial charge in [0, 0.05) is 30.5 Å². The molecule has 7 heteroatoms. The molecular weight excluding hydrogens is 426 g/mol. The van der Waals surface area contributed by atoms with Crippen molar-refractivity contribution in [1.82, 2.24) is 10.2 Å². The van der Waals surface area contributed by atoms with Gasteiger partial charge in [0.25, 0.3) is 0 Å². The van der Waals surface area contributed by atoms with Crippen molar-refractivity contribution in [3.63, 3.8) is 0 Å². The summed E-state index contributed by atoms with van der Waals surface area (Å²) in [6.45, 7) is 4.32. The quantitative estimate of drug-likeness (QED) is 0.472. The number of phenolic OH excluding ortho intramolecular Hbond substituents is 1. The fourth-order valence-electron chi connectivity index (χ4n) is 5.67. The van der Waals surface area contributed by atoms with Crippen LogP contribution in [-0.4, -0.2) is 53.2 Å². The molecule has 5 rings (SSSR count). The van der Waals surface area contributed by atoms with Gasteiger partial charge in [-0.15, -0.1) is 0 Å². The van der Waals surface area contributed by atoms with Gasteiger partial charge in [0.1, 0.15) is 11.3 Å². The largest absolute Gasteiger partial charge is 0.508 e. The molecule has 3 aliphatic rings. The Labute approximate surface area is 201 Å². The number of rotatable bonds is 3. The van der Waals surface area contributed by atoms with Crippen LogP contribution in [0.5, 0.6) is 5.75 Å². The number of hydrogen-bond acceptors (Lipinski definition) is 4. The van der Waals surface area contributed by atoms with Crippen LogP contribution in [0.3, 0.4) is 0 Å². The number of hydrogen-bond donors (Lipinski definition) is 3. The lowest BCUT2D eigenvalue weighted by molar-refractivity contribution is -0.124. The Balaban J connectivity index is 1.38. The van der Waals surface area contributed by atoms with E-state index in [1.807, 2.05) is 30.3 Å². The minimum absolute atomic E-state index is 0.122. The molecule has 180 valence electrons. The molecule has 2 aromatic rings. The second-order valence-electron chi connectivity index (χ2n) is 9.90. The number of guanidine groups is 1. The Morgan fingerprint density at radius 2 is 1.85 bits per heavy atom. The summed E-state index contributed by atoms with van der Waals surface area (Å²) in [4.78, 5) is 22.8. The molecule has 3 fully saturated rings. The predicted molar refractivity (Wildman–Crippen MR) is 136 cm³/mol. The number of carbonyl (C=O) groups excluding carboxylic acids is 1. The maximum absolute atomic E-state index is 13.1. The molecule has 7 nitrogen and oxygen atoms in total. The zero-order chi connectivity index (χ0) is 23.5. The zero-order valence-corrected chi connectivity index (χ0v) is 19.9. The first-order valence-electron chi connectivity index (χ1n) is 12.5. The summed E-state index contributed by atoms with van der Waals surface area (Å²) in [5.74, 6) is 1.76. The molecule has 2 aliphatic heterocycles. The van der Waals surface area contributed by atoms with Crippen LogP contribution < -0.4 is 15.5 Å². The van der Waals surface area contributed by atoms with Crippen LogP contribution in [-0.2, 0) is 4.79 Å². The standard InChI is InChI=1S/C27H35N5O2/c1-20-8-5-6-13-24(20)30-26(29-21-9-7-12-23(33)18-21)31-16-14-27(15-17-31)25(34)28-19-32(27)22-10-3-2-4-11-22/h2-4,7,9-12,18,20,24,33H,5-6,8,13-17,19H2,1H3,(H,28,34)(H,29,30). The maximum atomic E-state index is 13.1. The van der Waals surface area contributed by atoms with Gasteiger partial charge in [0.05, 0.1) is 12.7 Å². The highest BCUT2D eigenvalue weighted by Crippen LogP contribution is 2.36. The molecule has 3 N–H and O–H groups in total. The van der Waals surface area contributed by atoms with Crippen LogP contribution in [0.25, 0.3) is 0 Å². The van der Waals surface area contributed by atoms with Crippen molar-refractivity contribution in [2.24, 2.45) is 10.9 Å². The summed E-state index contributed by atoms with van der Waals surface area (Å²) >= 11 is 0. The van der Waals surface area contributed by atoms with Crippen molar-refractivity contribution in [1.29, 1.82) is 0 Å². The fourth-order valence-corrected chi connectivity index (χ4v) is 5.67. The third kappa shape index (κ3) is 4.43. The first-order chi connectivity index (χ1) is 16.5. The van der Waals surface area contributed by atoms with Crippen LogP contribution in [0, 0.1) is 5.92 Å². The summed E-state index contributed by atoms with van der Waals surface area (Å²) < 4.78 is 0. The SMILES string of the molecule is CC1CCCCC1N=C(Nc1cccc(O)c1)N1CCC2(CC1)C(=O)NCN2c1ccccc1. The molecular formula is C27H35N5O2. The summed E-state index contributed by atoms with van der Waals surface area (Å²) in [6, 6.07) is 17.7. The van der Waals surface area contributed by atoms with E-state index in [4.69, 9.17) is 4.99 Å². The van der Waals surface area contributed by atoms with E-state index >= 15 is 0 Å². The number of anilines is 2. The van der Waals surface area contributed by atoms with E-state index in [0.717, 1.165) is 49.7 Å². The molecule has 0 bridgehead atoms. The molecule has 1 spiro atoms. The van der Waals surface area contributed by atoms with E-state index in [0.29, 0.717) is 18.6 Å². The first-order valence-corrected chi connectivity index (χ1v) is 12.5. The number of piperidine rings is 1. The molecule has 2 unspecified atom stereocenters. The molecule has 1 aliphatic carbocycles. The number of aliphatic imine (C=N–C) groups is 1. The number of para-hydroxylation sites is 1. The van der Waals surface area contributed by atoms with Crippen LogP contribution >= 0.6 is 0 Å². The van der Waals surface area contributed by atoms with Crippen molar-refractivity contribution in [3.05, 3.63) is 54.6 Å². The second kappa shape index (κ2) is 9.57. The van der Waals surface area contributed by atoms with E-state index in [9.17, 15) is 9.90 Å². The maximum Gasteiger partial charge on any atom is 0.247 e. The highest BCUT2D eigenvalue weighted by atomic mass is 16.3. The summed E-state index contributed by atoms with van der Waals surface area (Å²) in [5, 5.41) is 16.5. The van der Waals surface area contributed by atoms with Gasteiger partial charge in [-0.3, -0.25) is 4.79 Å².